The van der Waals surface area contributed by atoms with Crippen LogP contribution in [0.5, 0.6) is 0 Å². The zero-order chi connectivity index (χ0) is 19.2. The number of rotatable bonds is 6. The molecule has 3 aromatic rings. The van der Waals surface area contributed by atoms with Gasteiger partial charge in [-0.25, -0.2) is 4.98 Å². The highest BCUT2D eigenvalue weighted by molar-refractivity contribution is 7.13. The molecule has 3 rings (SSSR count). The van der Waals surface area contributed by atoms with E-state index in [2.05, 4.69) is 27.1 Å². The van der Waals surface area contributed by atoms with Crippen LogP contribution in [0, 0.1) is 6.92 Å². The molecule has 0 bridgehead atoms. The number of amides is 1. The predicted molar refractivity (Wildman–Crippen MR) is 110 cm³/mol. The highest BCUT2D eigenvalue weighted by Crippen LogP contribution is 2.23. The highest BCUT2D eigenvalue weighted by atomic mass is 32.1. The average Bonchev–Trinajstić information content (AvgIpc) is 3.35. The number of aromatic amines is 1. The van der Waals surface area contributed by atoms with E-state index in [0.29, 0.717) is 11.3 Å². The lowest BCUT2D eigenvalue weighted by Crippen LogP contribution is -2.23. The van der Waals surface area contributed by atoms with Crippen LogP contribution in [-0.2, 0) is 0 Å². The van der Waals surface area contributed by atoms with Gasteiger partial charge in [0, 0.05) is 34.0 Å². The Morgan fingerprint density at radius 2 is 2.19 bits per heavy atom. The smallest absolute Gasteiger partial charge is 0.255 e. The number of hydrogen-bond acceptors (Lipinski definition) is 4. The fourth-order valence-corrected chi connectivity index (χ4v) is 3.26. The lowest BCUT2D eigenvalue weighted by molar-refractivity contribution is 0.0967. The average molecular weight is 376 g/mol. The maximum atomic E-state index is 12.8. The summed E-state index contributed by atoms with van der Waals surface area (Å²) >= 11 is 1.54. The van der Waals surface area contributed by atoms with Crippen LogP contribution in [-0.4, -0.2) is 21.1 Å². The van der Waals surface area contributed by atoms with Crippen LogP contribution in [0.2, 0.25) is 0 Å². The summed E-state index contributed by atoms with van der Waals surface area (Å²) in [5.41, 5.74) is 4.54. The van der Waals surface area contributed by atoms with Crippen molar-refractivity contribution in [2.45, 2.75) is 13.8 Å². The normalized spacial score (nSPS) is 12.1. The zero-order valence-corrected chi connectivity index (χ0v) is 16.0. The molecule has 0 aliphatic carbocycles. The first-order valence-electron chi connectivity index (χ1n) is 8.45. The second kappa shape index (κ2) is 8.42. The van der Waals surface area contributed by atoms with E-state index in [9.17, 15) is 4.79 Å². The standard InChI is InChI=1S/C21H20N4OS/c1-4-7-18(17(5-2)19-12-14(3)24-25-19)23-20(26)15-8-6-9-16(13-15)21-22-10-11-27-21/h4-13H,2H2,1,3H3,(H,23,26)(H,24,25)/b7-4-,18-17-. The van der Waals surface area contributed by atoms with Gasteiger partial charge in [0.2, 0.25) is 0 Å². The third-order valence-electron chi connectivity index (χ3n) is 3.86. The van der Waals surface area contributed by atoms with E-state index in [-0.39, 0.29) is 5.91 Å². The van der Waals surface area contributed by atoms with E-state index in [0.717, 1.165) is 27.5 Å². The number of thiazole rings is 1. The molecule has 0 spiro atoms. The molecule has 0 aliphatic heterocycles. The Kier molecular flexibility index (Phi) is 5.78. The molecule has 0 saturated heterocycles. The second-order valence-electron chi connectivity index (χ2n) is 5.84. The molecule has 0 atom stereocenters. The summed E-state index contributed by atoms with van der Waals surface area (Å²) in [5.74, 6) is -0.201. The topological polar surface area (TPSA) is 70.7 Å². The number of hydrogen-bond donors (Lipinski definition) is 2. The molecule has 0 saturated carbocycles. The number of carbonyl (C=O) groups is 1. The van der Waals surface area contributed by atoms with E-state index in [1.165, 1.54) is 11.3 Å². The Morgan fingerprint density at radius 3 is 2.81 bits per heavy atom. The van der Waals surface area contributed by atoms with Crippen LogP contribution < -0.4 is 5.32 Å². The molecular weight excluding hydrogens is 356 g/mol. The van der Waals surface area contributed by atoms with Crippen molar-refractivity contribution in [3.8, 4) is 10.6 Å². The third kappa shape index (κ3) is 4.30. The summed E-state index contributed by atoms with van der Waals surface area (Å²) < 4.78 is 0. The van der Waals surface area contributed by atoms with E-state index >= 15 is 0 Å². The molecule has 0 aliphatic rings. The van der Waals surface area contributed by atoms with Crippen LogP contribution in [0.4, 0.5) is 0 Å². The van der Waals surface area contributed by atoms with Gasteiger partial charge < -0.3 is 5.32 Å². The first-order chi connectivity index (χ1) is 13.1. The molecule has 2 heterocycles. The first-order valence-corrected chi connectivity index (χ1v) is 9.33. The maximum Gasteiger partial charge on any atom is 0.255 e. The monoisotopic (exact) mass is 376 g/mol. The summed E-state index contributed by atoms with van der Waals surface area (Å²) in [7, 11) is 0. The highest BCUT2D eigenvalue weighted by Gasteiger charge is 2.13. The van der Waals surface area contributed by atoms with Gasteiger partial charge in [0.15, 0.2) is 0 Å². The molecule has 2 N–H and O–H groups in total. The number of nitrogens with one attached hydrogen (secondary N) is 2. The second-order valence-corrected chi connectivity index (χ2v) is 6.73. The molecule has 27 heavy (non-hydrogen) atoms. The van der Waals surface area contributed by atoms with Crippen LogP contribution in [0.1, 0.15) is 28.7 Å². The van der Waals surface area contributed by atoms with Gasteiger partial charge >= 0.3 is 0 Å². The summed E-state index contributed by atoms with van der Waals surface area (Å²) in [4.78, 5) is 17.2. The molecule has 2 aromatic heterocycles. The number of aromatic nitrogens is 3. The zero-order valence-electron chi connectivity index (χ0n) is 15.2. The molecule has 0 unspecified atom stereocenters. The predicted octanol–water partition coefficient (Wildman–Crippen LogP) is 4.74. The van der Waals surface area contributed by atoms with Gasteiger partial charge in [0.1, 0.15) is 5.01 Å². The quantitative estimate of drug-likeness (QED) is 0.610. The van der Waals surface area contributed by atoms with Gasteiger partial charge in [-0.05, 0) is 38.1 Å². The molecule has 1 aromatic carbocycles. The van der Waals surface area contributed by atoms with Gasteiger partial charge in [-0.2, -0.15) is 5.10 Å². The lowest BCUT2D eigenvalue weighted by Gasteiger charge is -2.10. The number of aryl methyl sites for hydroxylation is 1. The van der Waals surface area contributed by atoms with Gasteiger partial charge in [0.05, 0.1) is 11.4 Å². The maximum absolute atomic E-state index is 12.8. The summed E-state index contributed by atoms with van der Waals surface area (Å²) in [6, 6.07) is 9.34. The molecule has 1 amide bonds. The van der Waals surface area contributed by atoms with E-state index in [1.54, 1.807) is 18.3 Å². The van der Waals surface area contributed by atoms with Crippen molar-refractivity contribution in [1.29, 1.82) is 0 Å². The van der Waals surface area contributed by atoms with Crippen molar-refractivity contribution in [1.82, 2.24) is 20.5 Å². The molecule has 0 radical (unpaired) electrons. The van der Waals surface area contributed by atoms with Crippen molar-refractivity contribution >= 4 is 22.8 Å². The fraction of sp³-hybridized carbons (Fsp3) is 0.0952. The molecule has 136 valence electrons. The van der Waals surface area contributed by atoms with Crippen LogP contribution >= 0.6 is 11.3 Å². The largest absolute Gasteiger partial charge is 0.321 e. The van der Waals surface area contributed by atoms with E-state index in [1.807, 2.05) is 55.6 Å². The Hall–Kier alpha value is -3.25. The van der Waals surface area contributed by atoms with Crippen LogP contribution in [0.15, 0.2) is 72.4 Å². The Labute approximate surface area is 162 Å². The van der Waals surface area contributed by atoms with Crippen molar-refractivity contribution < 1.29 is 4.79 Å². The number of benzene rings is 1. The van der Waals surface area contributed by atoms with Crippen LogP contribution in [0.3, 0.4) is 0 Å². The third-order valence-corrected chi connectivity index (χ3v) is 4.68. The number of H-pyrrole nitrogens is 1. The minimum Gasteiger partial charge on any atom is -0.321 e. The van der Waals surface area contributed by atoms with Crippen molar-refractivity contribution in [2.75, 3.05) is 0 Å². The summed E-state index contributed by atoms with van der Waals surface area (Å²) in [6.45, 7) is 7.69. The van der Waals surface area contributed by atoms with Gasteiger partial charge in [-0.3, -0.25) is 9.89 Å². The van der Waals surface area contributed by atoms with Crippen molar-refractivity contribution in [2.24, 2.45) is 0 Å². The van der Waals surface area contributed by atoms with E-state index in [4.69, 9.17) is 0 Å². The Balaban J connectivity index is 1.93. The minimum absolute atomic E-state index is 0.201. The molecular formula is C21H20N4OS. The SMILES string of the molecule is C=C/C(=C(\C=C/C)NC(=O)c1cccc(-c2nccs2)c1)c1cc(C)[nH]n1. The van der Waals surface area contributed by atoms with Gasteiger partial charge in [-0.1, -0.05) is 30.9 Å². The lowest BCUT2D eigenvalue weighted by atomic mass is 10.1. The summed E-state index contributed by atoms with van der Waals surface area (Å²) in [6.07, 6.45) is 7.15. The number of carbonyl (C=O) groups excluding carboxylic acids is 1. The van der Waals surface area contributed by atoms with Gasteiger partial charge in [-0.15, -0.1) is 11.3 Å². The molecule has 0 fully saturated rings. The van der Waals surface area contributed by atoms with Crippen molar-refractivity contribution in [3.63, 3.8) is 0 Å². The molecule has 5 nitrogen and oxygen atoms in total. The van der Waals surface area contributed by atoms with Crippen LogP contribution in [0.25, 0.3) is 16.1 Å². The molecule has 6 heteroatoms. The number of allylic oxidation sites excluding steroid dienone is 4. The fourth-order valence-electron chi connectivity index (χ4n) is 2.63. The first kappa shape index (κ1) is 18.5. The Morgan fingerprint density at radius 1 is 1.33 bits per heavy atom. The van der Waals surface area contributed by atoms with Crippen molar-refractivity contribution in [3.05, 3.63) is 89.4 Å². The number of nitrogens with zero attached hydrogens (tertiary/aromatic N) is 2. The summed E-state index contributed by atoms with van der Waals surface area (Å²) in [5, 5.41) is 13.0. The van der Waals surface area contributed by atoms with E-state index < -0.39 is 0 Å². The van der Waals surface area contributed by atoms with Gasteiger partial charge in [0.25, 0.3) is 5.91 Å². The Bertz CT molecular complexity index is 1010. The minimum atomic E-state index is -0.201.